The van der Waals surface area contributed by atoms with Crippen LogP contribution in [0.4, 0.5) is 11.8 Å². The number of aliphatic hydroxyl groups excluding tert-OH is 2. The van der Waals surface area contributed by atoms with Crippen molar-refractivity contribution in [1.82, 2.24) is 53.7 Å². The number of aromatic amines is 1. The van der Waals surface area contributed by atoms with Crippen LogP contribution in [0.5, 0.6) is 0 Å². The van der Waals surface area contributed by atoms with Crippen molar-refractivity contribution < 1.29 is 38.3 Å². The first-order chi connectivity index (χ1) is 24.5. The van der Waals surface area contributed by atoms with E-state index in [4.69, 9.17) is 30.2 Å². The third kappa shape index (κ3) is 6.11. The molecular weight excluding hydrogens is 699 g/mol. The maximum atomic E-state index is 13.5. The van der Waals surface area contributed by atoms with E-state index in [1.54, 1.807) is 4.57 Å². The summed E-state index contributed by atoms with van der Waals surface area (Å²) in [6.45, 7) is -0.711. The molecule has 25 heteroatoms. The van der Waals surface area contributed by atoms with E-state index < -0.39 is 74.6 Å². The number of nitrogen functional groups attached to an aromatic ring is 2. The lowest BCUT2D eigenvalue weighted by Gasteiger charge is -2.24. The van der Waals surface area contributed by atoms with Gasteiger partial charge in [-0.3, -0.25) is 28.2 Å². The van der Waals surface area contributed by atoms with Crippen molar-refractivity contribution in [3.63, 3.8) is 0 Å². The Morgan fingerprint density at radius 2 is 1.80 bits per heavy atom. The molecule has 270 valence electrons. The van der Waals surface area contributed by atoms with Crippen molar-refractivity contribution in [1.29, 1.82) is 0 Å². The van der Waals surface area contributed by atoms with Gasteiger partial charge in [-0.05, 0) is 0 Å². The molecule has 1 amide bonds. The summed E-state index contributed by atoms with van der Waals surface area (Å²) in [5.41, 5.74) is 11.6. The predicted molar refractivity (Wildman–Crippen MR) is 171 cm³/mol. The van der Waals surface area contributed by atoms with Crippen molar-refractivity contribution in [3.8, 4) is 0 Å². The van der Waals surface area contributed by atoms with Crippen LogP contribution in [-0.4, -0.2) is 115 Å². The number of H-pyrrole nitrogens is 1. The normalized spacial score (nSPS) is 27.6. The van der Waals surface area contributed by atoms with Gasteiger partial charge in [0.25, 0.3) is 5.56 Å². The maximum Gasteiger partial charge on any atom is 0.456 e. The van der Waals surface area contributed by atoms with Crippen molar-refractivity contribution in [3.05, 3.63) is 53.0 Å². The van der Waals surface area contributed by atoms with Crippen molar-refractivity contribution >= 4 is 47.7 Å². The highest BCUT2D eigenvalue weighted by Gasteiger charge is 2.49. The summed E-state index contributed by atoms with van der Waals surface area (Å²) in [5, 5.41) is 24.3. The van der Waals surface area contributed by atoms with Crippen LogP contribution in [0.2, 0.25) is 0 Å². The fraction of sp³-hybridized carbons (Fsp3) is 0.462. The standard InChI is InChI=1S/C26H31N14O10P/c1-47-19-11(4-14(41)30-5-12-17(42)18(43)24(49-12)40-10-34-16-22(40)35-26(28)36-23(16)44)13(6-48-51(46,37-45)38-3-2-29-8-38)50-25(19)39-9-33-15-20(27)31-7-32-21(15)39/h2-3,7-13,17-19,24-25,42-43H,4-6H2,1H3,(H,30,41)(H2,27,31,32)(H3,28,35,36,44)/t11-,12-,13?,17-,18-,19-,24-,25-,51?/m1/s1. The number of amides is 1. The quantitative estimate of drug-likeness (QED) is 0.0622. The lowest BCUT2D eigenvalue weighted by molar-refractivity contribution is -0.124. The second-order valence-corrected chi connectivity index (χ2v) is 13.5. The lowest BCUT2D eigenvalue weighted by atomic mass is 9.93. The summed E-state index contributed by atoms with van der Waals surface area (Å²) < 4.78 is 40.5. The maximum absolute atomic E-state index is 13.5. The molecule has 0 aromatic carbocycles. The molecule has 0 saturated carbocycles. The Morgan fingerprint density at radius 1 is 1.06 bits per heavy atom. The smallest absolute Gasteiger partial charge is 0.387 e. The Labute approximate surface area is 284 Å². The minimum absolute atomic E-state index is 0.0222. The number of hydrogen-bond donors (Lipinski definition) is 6. The molecule has 7 rings (SSSR count). The molecular formula is C26H31N14O10P. The van der Waals surface area contributed by atoms with Crippen LogP contribution >= 0.6 is 7.67 Å². The topological polar surface area (TPSA) is 330 Å². The molecule has 5 aromatic heterocycles. The summed E-state index contributed by atoms with van der Waals surface area (Å²) >= 11 is 0. The van der Waals surface area contributed by atoms with Crippen LogP contribution in [0.15, 0.2) is 47.4 Å². The molecule has 0 bridgehead atoms. The number of carbonyl (C=O) groups excluding carboxylic acids is 1. The molecule has 7 heterocycles. The summed E-state index contributed by atoms with van der Waals surface area (Å²) in [7, 11) is -2.91. The van der Waals surface area contributed by atoms with E-state index in [2.05, 4.69) is 45.2 Å². The number of hydrogen-bond acceptors (Lipinski definition) is 18. The second-order valence-electron chi connectivity index (χ2n) is 11.7. The van der Waals surface area contributed by atoms with Crippen LogP contribution in [0.3, 0.4) is 0 Å². The van der Waals surface area contributed by atoms with E-state index in [1.807, 2.05) is 0 Å². The van der Waals surface area contributed by atoms with Crippen LogP contribution in [0.25, 0.3) is 22.3 Å². The fourth-order valence-corrected chi connectivity index (χ4v) is 7.25. The van der Waals surface area contributed by atoms with Gasteiger partial charge >= 0.3 is 7.67 Å². The van der Waals surface area contributed by atoms with Crippen LogP contribution in [-0.2, 0) is 28.1 Å². The van der Waals surface area contributed by atoms with Crippen molar-refractivity contribution in [2.24, 2.45) is 10.9 Å². The number of nitrogens with two attached hydrogens (primary N) is 2. The van der Waals surface area contributed by atoms with Gasteiger partial charge in [0.2, 0.25) is 11.9 Å². The Balaban J connectivity index is 1.09. The molecule has 51 heavy (non-hydrogen) atoms. The number of carbonyl (C=O) groups is 1. The summed E-state index contributed by atoms with van der Waals surface area (Å²) in [6.07, 6.45) is -0.784. The number of nitroso groups, excluding NO2 is 1. The van der Waals surface area contributed by atoms with Gasteiger partial charge in [0.1, 0.15) is 42.6 Å². The number of rotatable bonds is 12. The van der Waals surface area contributed by atoms with Crippen LogP contribution < -0.4 is 22.3 Å². The Kier molecular flexibility index (Phi) is 9.05. The molecule has 0 radical (unpaired) electrons. The Hall–Kier alpha value is -5.23. The lowest BCUT2D eigenvalue weighted by Crippen LogP contribution is -2.41. The number of imidazole rings is 3. The molecule has 5 aromatic rings. The molecule has 2 aliphatic rings. The van der Waals surface area contributed by atoms with Gasteiger partial charge in [-0.15, -0.1) is 4.91 Å². The van der Waals surface area contributed by atoms with E-state index in [1.165, 1.54) is 43.1 Å². The predicted octanol–water partition coefficient (Wildman–Crippen LogP) is -1.59. The van der Waals surface area contributed by atoms with Crippen molar-refractivity contribution in [2.45, 2.75) is 49.4 Å². The highest BCUT2D eigenvalue weighted by molar-refractivity contribution is 7.55. The second kappa shape index (κ2) is 13.5. The number of aliphatic hydroxyl groups is 2. The summed E-state index contributed by atoms with van der Waals surface area (Å²) in [5.74, 6) is -1.40. The average Bonchev–Trinajstić information content (AvgIpc) is 3.95. The zero-order valence-electron chi connectivity index (χ0n) is 26.4. The first-order valence-corrected chi connectivity index (χ1v) is 16.8. The fourth-order valence-electron chi connectivity index (χ4n) is 6.22. The zero-order chi connectivity index (χ0) is 36.0. The van der Waals surface area contributed by atoms with Crippen LogP contribution in [0, 0.1) is 10.8 Å². The first kappa shape index (κ1) is 34.2. The van der Waals surface area contributed by atoms with Gasteiger partial charge < -0.3 is 41.2 Å². The number of anilines is 2. The Bertz CT molecular complexity index is 2170. The highest BCUT2D eigenvalue weighted by Crippen LogP contribution is 2.51. The molecule has 8 N–H and O–H groups in total. The third-order valence-corrected chi connectivity index (χ3v) is 10.2. The van der Waals surface area contributed by atoms with E-state index in [0.29, 0.717) is 11.2 Å². The molecule has 0 aliphatic carbocycles. The number of nitrogens with one attached hydrogen (secondary N) is 2. The number of ether oxygens (including phenoxy) is 3. The monoisotopic (exact) mass is 730 g/mol. The van der Waals surface area contributed by atoms with Gasteiger partial charge in [-0.1, -0.05) is 0 Å². The van der Waals surface area contributed by atoms with E-state index in [0.717, 1.165) is 10.7 Å². The van der Waals surface area contributed by atoms with Gasteiger partial charge in [0.05, 0.1) is 25.4 Å². The molecule has 2 saturated heterocycles. The highest BCUT2D eigenvalue weighted by atomic mass is 31.2. The average molecular weight is 731 g/mol. The van der Waals surface area contributed by atoms with E-state index in [-0.39, 0.29) is 35.9 Å². The van der Waals surface area contributed by atoms with Gasteiger partial charge in [-0.25, -0.2) is 33.8 Å². The number of methoxy groups -OCH3 is 1. The Morgan fingerprint density at radius 3 is 2.53 bits per heavy atom. The van der Waals surface area contributed by atoms with Crippen molar-refractivity contribution in [2.75, 3.05) is 31.7 Å². The van der Waals surface area contributed by atoms with Gasteiger partial charge in [0.15, 0.2) is 35.1 Å². The SMILES string of the molecule is CO[C@@H]1[C@H](CC(=O)NC[C@H]2O[C@@H](n3cnc4c(=O)[nH]c(N)nc43)[C@H](O)[C@@H]2O)C(COP(=O)(N=O)n2ccnc2)O[C@H]1n1cnc2c(N)ncnc21. The minimum atomic E-state index is -4.32. The third-order valence-electron chi connectivity index (χ3n) is 8.70. The van der Waals surface area contributed by atoms with Crippen LogP contribution in [0.1, 0.15) is 18.9 Å². The number of fused-ring (bicyclic) bond motifs is 2. The van der Waals surface area contributed by atoms with E-state index >= 15 is 0 Å². The first-order valence-electron chi connectivity index (χ1n) is 15.2. The molecule has 2 unspecified atom stereocenters. The zero-order valence-corrected chi connectivity index (χ0v) is 27.3. The van der Waals surface area contributed by atoms with Gasteiger partial charge in [-0.2, -0.15) is 4.98 Å². The molecule has 2 aliphatic heterocycles. The molecule has 9 atom stereocenters. The van der Waals surface area contributed by atoms with E-state index in [9.17, 15) is 29.3 Å². The minimum Gasteiger partial charge on any atom is -0.387 e. The molecule has 2 fully saturated rings. The number of aromatic nitrogens is 10. The largest absolute Gasteiger partial charge is 0.456 e. The summed E-state index contributed by atoms with van der Waals surface area (Å²) in [6, 6.07) is 0. The molecule has 24 nitrogen and oxygen atoms in total. The van der Waals surface area contributed by atoms with Gasteiger partial charge in [0, 0.05) is 43.3 Å². The number of nitrogens with zero attached hydrogens (tertiary/aromatic N) is 10. The summed E-state index contributed by atoms with van der Waals surface area (Å²) in [4.78, 5) is 66.7. The molecule has 0 spiro atoms.